The van der Waals surface area contributed by atoms with Gasteiger partial charge in [-0.2, -0.15) is 0 Å². The number of halogens is 1. The van der Waals surface area contributed by atoms with Crippen LogP contribution in [0.4, 0.5) is 0 Å². The molecule has 1 atom stereocenters. The summed E-state index contributed by atoms with van der Waals surface area (Å²) in [7, 11) is 0. The van der Waals surface area contributed by atoms with Gasteiger partial charge in [0.1, 0.15) is 3.92 Å². The summed E-state index contributed by atoms with van der Waals surface area (Å²) in [5, 5.41) is 0. The van der Waals surface area contributed by atoms with E-state index in [1.807, 2.05) is 0 Å². The van der Waals surface area contributed by atoms with E-state index < -0.39 is 0 Å². The highest BCUT2D eigenvalue weighted by Crippen LogP contribution is 2.14. The molecule has 0 radical (unpaired) electrons. The predicted octanol–water partition coefficient (Wildman–Crippen LogP) is 4.02. The first-order valence-corrected chi connectivity index (χ1v) is 7.75. The lowest BCUT2D eigenvalue weighted by Crippen LogP contribution is -2.21. The van der Waals surface area contributed by atoms with Crippen molar-refractivity contribution >= 4 is 34.5 Å². The molecule has 0 heterocycles. The Balaban J connectivity index is 3.71. The van der Waals surface area contributed by atoms with Crippen LogP contribution in [0.1, 0.15) is 65.2 Å². The lowest BCUT2D eigenvalue weighted by atomic mass is 10.1. The molecule has 17 heavy (non-hydrogen) atoms. The molecular weight excluding hydrogens is 331 g/mol. The van der Waals surface area contributed by atoms with E-state index in [-0.39, 0.29) is 15.9 Å². The summed E-state index contributed by atoms with van der Waals surface area (Å²) in [6.45, 7) is 4.20. The van der Waals surface area contributed by atoms with Crippen molar-refractivity contribution in [2.75, 3.05) is 0 Å². The molecule has 0 aliphatic rings. The number of esters is 2. The average molecular weight is 354 g/mol. The molecule has 0 rings (SSSR count). The van der Waals surface area contributed by atoms with E-state index in [9.17, 15) is 9.59 Å². The van der Waals surface area contributed by atoms with Gasteiger partial charge in [0, 0.05) is 6.42 Å². The quantitative estimate of drug-likeness (QED) is 0.207. The molecule has 0 fully saturated rings. The van der Waals surface area contributed by atoms with Gasteiger partial charge in [-0.15, -0.1) is 0 Å². The highest BCUT2D eigenvalue weighted by molar-refractivity contribution is 14.1. The third kappa shape index (κ3) is 9.56. The Morgan fingerprint density at radius 1 is 1.06 bits per heavy atom. The van der Waals surface area contributed by atoms with Gasteiger partial charge in [-0.3, -0.25) is 9.59 Å². The molecule has 0 aromatic heterocycles. The maximum absolute atomic E-state index is 11.5. The number of hydrogen-bond acceptors (Lipinski definition) is 3. The minimum absolute atomic E-state index is 0.186. The number of unbranched alkanes of at least 4 members (excludes halogenated alkanes) is 4. The second-order valence-electron chi connectivity index (χ2n) is 4.21. The van der Waals surface area contributed by atoms with Gasteiger partial charge in [-0.1, -0.05) is 68.5 Å². The molecule has 1 unspecified atom stereocenters. The van der Waals surface area contributed by atoms with E-state index in [2.05, 4.69) is 36.4 Å². The van der Waals surface area contributed by atoms with Crippen molar-refractivity contribution in [3.8, 4) is 0 Å². The maximum Gasteiger partial charge on any atom is 0.326 e. The van der Waals surface area contributed by atoms with Gasteiger partial charge in [0.25, 0.3) is 0 Å². The minimum Gasteiger partial charge on any atom is -0.392 e. The SMILES string of the molecule is CCCCCC(=O)OC(=O)C(I)CCCCC. The van der Waals surface area contributed by atoms with E-state index in [1.165, 1.54) is 0 Å². The average Bonchev–Trinajstić information content (AvgIpc) is 2.29. The molecule has 0 aromatic carbocycles. The van der Waals surface area contributed by atoms with Crippen molar-refractivity contribution < 1.29 is 14.3 Å². The number of ether oxygens (including phenoxy) is 1. The molecule has 0 spiro atoms. The molecular formula is C13H23IO3. The van der Waals surface area contributed by atoms with Crippen molar-refractivity contribution in [2.45, 2.75) is 69.1 Å². The van der Waals surface area contributed by atoms with Crippen molar-refractivity contribution in [1.29, 1.82) is 0 Å². The molecule has 0 bridgehead atoms. The molecule has 0 amide bonds. The van der Waals surface area contributed by atoms with Crippen molar-refractivity contribution in [3.63, 3.8) is 0 Å². The summed E-state index contributed by atoms with van der Waals surface area (Å²) < 4.78 is 4.62. The minimum atomic E-state index is -0.374. The second kappa shape index (κ2) is 11.0. The Morgan fingerprint density at radius 3 is 2.24 bits per heavy atom. The van der Waals surface area contributed by atoms with E-state index in [0.717, 1.165) is 44.9 Å². The normalized spacial score (nSPS) is 12.2. The van der Waals surface area contributed by atoms with Gasteiger partial charge in [-0.25, -0.2) is 0 Å². The summed E-state index contributed by atoms with van der Waals surface area (Å²) in [4.78, 5) is 22.8. The van der Waals surface area contributed by atoms with Crippen molar-refractivity contribution in [3.05, 3.63) is 0 Å². The van der Waals surface area contributed by atoms with Gasteiger partial charge in [0.15, 0.2) is 0 Å². The monoisotopic (exact) mass is 354 g/mol. The largest absolute Gasteiger partial charge is 0.392 e. The smallest absolute Gasteiger partial charge is 0.326 e. The molecule has 0 N–H and O–H groups in total. The third-order valence-corrected chi connectivity index (χ3v) is 3.65. The summed E-state index contributed by atoms with van der Waals surface area (Å²) in [6, 6.07) is 0. The summed E-state index contributed by atoms with van der Waals surface area (Å²) in [6.07, 6.45) is 7.31. The zero-order valence-electron chi connectivity index (χ0n) is 10.8. The van der Waals surface area contributed by atoms with Crippen LogP contribution in [0.5, 0.6) is 0 Å². The second-order valence-corrected chi connectivity index (χ2v) is 5.72. The number of alkyl halides is 1. The highest BCUT2D eigenvalue weighted by atomic mass is 127. The number of carbonyl (C=O) groups is 2. The van der Waals surface area contributed by atoms with E-state index >= 15 is 0 Å². The predicted molar refractivity (Wildman–Crippen MR) is 77.2 cm³/mol. The third-order valence-electron chi connectivity index (χ3n) is 2.52. The van der Waals surface area contributed by atoms with E-state index in [4.69, 9.17) is 4.74 Å². The molecule has 0 saturated carbocycles. The topological polar surface area (TPSA) is 43.4 Å². The lowest BCUT2D eigenvalue weighted by Gasteiger charge is -2.08. The van der Waals surface area contributed by atoms with Crippen LogP contribution >= 0.6 is 22.6 Å². The summed E-state index contributed by atoms with van der Waals surface area (Å²) in [5.41, 5.74) is 0. The van der Waals surface area contributed by atoms with Crippen LogP contribution in [0.2, 0.25) is 0 Å². The zero-order chi connectivity index (χ0) is 13.1. The molecule has 4 heteroatoms. The maximum atomic E-state index is 11.5. The first kappa shape index (κ1) is 16.9. The van der Waals surface area contributed by atoms with Gasteiger partial charge in [0.05, 0.1) is 0 Å². The summed E-state index contributed by atoms with van der Waals surface area (Å²) >= 11 is 2.06. The Morgan fingerprint density at radius 2 is 1.65 bits per heavy atom. The zero-order valence-corrected chi connectivity index (χ0v) is 13.0. The first-order valence-electron chi connectivity index (χ1n) is 6.50. The first-order chi connectivity index (χ1) is 8.11. The fourth-order valence-electron chi connectivity index (χ4n) is 1.44. The van der Waals surface area contributed by atoms with Crippen LogP contribution < -0.4 is 0 Å². The highest BCUT2D eigenvalue weighted by Gasteiger charge is 2.18. The van der Waals surface area contributed by atoms with Gasteiger partial charge >= 0.3 is 11.9 Å². The molecule has 0 aliphatic carbocycles. The van der Waals surface area contributed by atoms with Gasteiger partial charge in [0.2, 0.25) is 0 Å². The molecule has 100 valence electrons. The Hall–Kier alpha value is -0.130. The lowest BCUT2D eigenvalue weighted by molar-refractivity contribution is -0.159. The van der Waals surface area contributed by atoms with Gasteiger partial charge < -0.3 is 4.74 Å². The standard InChI is InChI=1S/C13H23IO3/c1-3-5-7-9-11(14)13(16)17-12(15)10-8-6-4-2/h11H,3-10H2,1-2H3. The van der Waals surface area contributed by atoms with Gasteiger partial charge in [-0.05, 0) is 12.8 Å². The van der Waals surface area contributed by atoms with E-state index in [0.29, 0.717) is 6.42 Å². The Kier molecular flexibility index (Phi) is 10.9. The number of rotatable bonds is 9. The van der Waals surface area contributed by atoms with Crippen LogP contribution in [0.3, 0.4) is 0 Å². The molecule has 0 aromatic rings. The van der Waals surface area contributed by atoms with Crippen LogP contribution in [0.15, 0.2) is 0 Å². The number of carbonyl (C=O) groups excluding carboxylic acids is 2. The molecule has 3 nitrogen and oxygen atoms in total. The van der Waals surface area contributed by atoms with Crippen LogP contribution in [0.25, 0.3) is 0 Å². The van der Waals surface area contributed by atoms with Crippen molar-refractivity contribution in [1.82, 2.24) is 0 Å². The van der Waals surface area contributed by atoms with Crippen LogP contribution in [-0.2, 0) is 14.3 Å². The Bertz CT molecular complexity index is 229. The fraction of sp³-hybridized carbons (Fsp3) is 0.846. The fourth-order valence-corrected chi connectivity index (χ4v) is 2.01. The van der Waals surface area contributed by atoms with E-state index in [1.54, 1.807) is 0 Å². The summed E-state index contributed by atoms with van der Waals surface area (Å²) in [5.74, 6) is -0.746. The van der Waals surface area contributed by atoms with Crippen LogP contribution in [0, 0.1) is 0 Å². The molecule has 0 aliphatic heterocycles. The Labute approximate surface area is 118 Å². The molecule has 0 saturated heterocycles. The van der Waals surface area contributed by atoms with Crippen LogP contribution in [-0.4, -0.2) is 15.9 Å². The van der Waals surface area contributed by atoms with Crippen molar-refractivity contribution in [2.24, 2.45) is 0 Å². The number of hydrogen-bond donors (Lipinski definition) is 0.